The van der Waals surface area contributed by atoms with Crippen molar-refractivity contribution >= 4 is 0 Å². The first-order chi connectivity index (χ1) is 53.1. The van der Waals surface area contributed by atoms with Gasteiger partial charge in [0.1, 0.15) is 75.6 Å². The topological polar surface area (TPSA) is 36.9 Å². The van der Waals surface area contributed by atoms with Crippen LogP contribution in [-0.2, 0) is 18.9 Å². The zero-order valence-electron chi connectivity index (χ0n) is 63.7. The second-order valence-electron chi connectivity index (χ2n) is 31.2. The zero-order chi connectivity index (χ0) is 79.1. The summed E-state index contributed by atoms with van der Waals surface area (Å²) in [5.74, 6) is -5.59. The van der Waals surface area contributed by atoms with Gasteiger partial charge in [-0.3, -0.25) is 0 Å². The Kier molecular flexibility index (Phi) is 28.1. The van der Waals surface area contributed by atoms with Gasteiger partial charge in [-0.2, -0.15) is 0 Å². The quantitative estimate of drug-likeness (QED) is 0.121. The summed E-state index contributed by atoms with van der Waals surface area (Å²) in [7, 11) is 0. The molecule has 5 fully saturated rings. The van der Waals surface area contributed by atoms with Crippen molar-refractivity contribution in [2.75, 3.05) is 26.4 Å². The van der Waals surface area contributed by atoms with Crippen LogP contribution in [0.2, 0.25) is 0 Å². The van der Waals surface area contributed by atoms with Gasteiger partial charge in [-0.25, -0.2) is 57.1 Å². The second kappa shape index (κ2) is 37.4. The molecule has 1 saturated carbocycles. The van der Waals surface area contributed by atoms with Crippen LogP contribution in [-0.4, -0.2) is 32.5 Å². The Labute approximate surface area is 649 Å². The highest BCUT2D eigenvalue weighted by Gasteiger charge is 2.33. The van der Waals surface area contributed by atoms with E-state index in [0.717, 1.165) is 155 Å². The van der Waals surface area contributed by atoms with Crippen molar-refractivity contribution in [1.29, 1.82) is 0 Å². The summed E-state index contributed by atoms with van der Waals surface area (Å²) in [6.45, 7) is 17.1. The van der Waals surface area contributed by atoms with Crippen LogP contribution in [0.15, 0.2) is 164 Å². The summed E-state index contributed by atoms with van der Waals surface area (Å²) in [5, 5.41) is 0. The number of rotatable bonds is 11. The summed E-state index contributed by atoms with van der Waals surface area (Å²) < 4.78 is 208. The lowest BCUT2D eigenvalue weighted by molar-refractivity contribution is -0.0523. The van der Waals surface area contributed by atoms with Crippen LogP contribution in [0.3, 0.4) is 0 Å². The van der Waals surface area contributed by atoms with Crippen LogP contribution in [0, 0.1) is 133 Å². The van der Waals surface area contributed by atoms with E-state index < -0.39 is 81.2 Å². The van der Waals surface area contributed by atoms with Crippen LogP contribution in [0.1, 0.15) is 181 Å². The largest absolute Gasteiger partial charge is 0.378 e. The molecule has 112 heavy (non-hydrogen) atoms. The Hall–Kier alpha value is -8.87. The molecule has 10 aromatic rings. The maximum atomic E-state index is 14.8. The first-order valence-corrected chi connectivity index (χ1v) is 38.5. The average molecular weight is 1550 g/mol. The molecule has 0 bridgehead atoms. The van der Waals surface area contributed by atoms with Gasteiger partial charge in [0.2, 0.25) is 0 Å². The van der Waals surface area contributed by atoms with E-state index in [0.29, 0.717) is 64.9 Å². The van der Waals surface area contributed by atoms with E-state index >= 15 is 0 Å². The Morgan fingerprint density at radius 1 is 0.241 bits per heavy atom. The van der Waals surface area contributed by atoms with E-state index in [2.05, 4.69) is 27.7 Å². The lowest BCUT2D eigenvalue weighted by Crippen LogP contribution is -2.33. The van der Waals surface area contributed by atoms with E-state index in [-0.39, 0.29) is 86.9 Å². The molecule has 0 N–H and O–H groups in total. The van der Waals surface area contributed by atoms with Gasteiger partial charge in [0.25, 0.3) is 0 Å². The predicted molar refractivity (Wildman–Crippen MR) is 418 cm³/mol. The van der Waals surface area contributed by atoms with Crippen molar-refractivity contribution in [3.05, 3.63) is 284 Å². The maximum Gasteiger partial charge on any atom is 0.134 e. The summed E-state index contributed by atoms with van der Waals surface area (Å²) in [6, 6.07) is 41.3. The highest BCUT2D eigenvalue weighted by Crippen LogP contribution is 2.43. The van der Waals surface area contributed by atoms with Crippen molar-refractivity contribution < 1.29 is 76.0 Å². The fourth-order valence-corrected chi connectivity index (χ4v) is 15.4. The molecule has 8 atom stereocenters. The molecule has 0 amide bonds. The second-order valence-corrected chi connectivity index (χ2v) is 31.2. The lowest BCUT2D eigenvalue weighted by atomic mass is 9.75. The molecule has 10 aromatic carbocycles. The molecule has 4 saturated heterocycles. The SMILES string of the molecule is C.Cc1c(F)cc(-c2c(F)cc(-c3ccc(C4CCC(C)CO4)cc3)cc2F)cc1F.Cc1c(F)cc(-c2ccc(-c3ccc(C4CCC(C)CO4)cc3)cc2F)cc1F.Cc1c(F)cc(-c2ccc(C3CCC(C)CO3)cc2F)cc1F.Cc1c(F)cc(-c2ccc(C3CCC(C4CCC(C)CO4)CC3)cc2F)cc1F. The minimum Gasteiger partial charge on any atom is -0.378 e. The molecule has 17 heteroatoms. The van der Waals surface area contributed by atoms with Crippen LogP contribution >= 0.6 is 0 Å². The summed E-state index contributed by atoms with van der Waals surface area (Å²) in [5.41, 5.74) is 6.77. The molecule has 15 rings (SSSR count). The Morgan fingerprint density at radius 3 is 0.875 bits per heavy atom. The molecule has 0 radical (unpaired) electrons. The zero-order valence-corrected chi connectivity index (χ0v) is 63.7. The van der Waals surface area contributed by atoms with Crippen LogP contribution in [0.25, 0.3) is 66.8 Å². The molecule has 592 valence electrons. The van der Waals surface area contributed by atoms with Gasteiger partial charge in [0.05, 0.1) is 30.0 Å². The van der Waals surface area contributed by atoms with Gasteiger partial charge in [-0.15, -0.1) is 0 Å². The number of hydrogen-bond donors (Lipinski definition) is 0. The average Bonchev–Trinajstić information content (AvgIpc) is 0.820. The molecular weight excluding hydrogens is 1450 g/mol. The smallest absolute Gasteiger partial charge is 0.134 e. The van der Waals surface area contributed by atoms with E-state index in [1.54, 1.807) is 48.5 Å². The van der Waals surface area contributed by atoms with Gasteiger partial charge in [-0.1, -0.05) is 120 Å². The molecule has 4 heterocycles. The monoisotopic (exact) mass is 1550 g/mol. The van der Waals surface area contributed by atoms with Gasteiger partial charge < -0.3 is 18.9 Å². The molecule has 0 spiro atoms. The van der Waals surface area contributed by atoms with Crippen molar-refractivity contribution in [1.82, 2.24) is 0 Å². The van der Waals surface area contributed by atoms with Gasteiger partial charge >= 0.3 is 0 Å². The van der Waals surface area contributed by atoms with Crippen molar-refractivity contribution in [2.24, 2.45) is 29.6 Å². The number of hydrogen-bond acceptors (Lipinski definition) is 4. The molecule has 4 nitrogen and oxygen atoms in total. The van der Waals surface area contributed by atoms with Crippen LogP contribution in [0.5, 0.6) is 0 Å². The molecule has 4 aliphatic heterocycles. The van der Waals surface area contributed by atoms with E-state index in [9.17, 15) is 57.1 Å². The maximum absolute atomic E-state index is 14.8. The third kappa shape index (κ3) is 20.2. The first-order valence-electron chi connectivity index (χ1n) is 38.5. The van der Waals surface area contributed by atoms with Gasteiger partial charge in [0.15, 0.2) is 0 Å². The fraction of sp³-hybridized carbons (Fsp3) is 0.368. The minimum atomic E-state index is -0.874. The van der Waals surface area contributed by atoms with Crippen molar-refractivity contribution in [2.45, 2.75) is 170 Å². The molecule has 1 aliphatic carbocycles. The van der Waals surface area contributed by atoms with Gasteiger partial charge in [-0.05, 0) is 286 Å². The van der Waals surface area contributed by atoms with E-state index in [1.165, 1.54) is 70.5 Å². The number of ether oxygens (including phenoxy) is 4. The van der Waals surface area contributed by atoms with Crippen molar-refractivity contribution in [3.63, 3.8) is 0 Å². The van der Waals surface area contributed by atoms with Gasteiger partial charge in [0, 0.05) is 65.4 Å². The Balaban J connectivity index is 0.000000148. The number of benzene rings is 10. The fourth-order valence-electron chi connectivity index (χ4n) is 15.4. The van der Waals surface area contributed by atoms with E-state index in [1.807, 2.05) is 42.5 Å². The third-order valence-corrected chi connectivity index (χ3v) is 22.8. The molecule has 5 aliphatic rings. The standard InChI is InChI=1S/C25H22F4O.C25H29F3O.C25H23F3O.C19H19F3O.CH4/c1-14-3-8-24(30-13-14)17-6-4-16(5-7-17)18-9-22(28)25(23(29)10-18)19-11-20(26)15(2)21(27)12-19;2*1-15-3-10-25(29-14-15)18-6-4-17(5-7-18)19-8-9-21(24(28)11-19)20-12-22(26)16(2)23(27)13-20;1-11-3-6-19(23-10-11)13-4-5-15(18(22)7-13)14-8-16(20)12(2)17(21)9-14;/h4-7,9-12,14,24H,3,8,13H2,1-2H3;8-9,11-13,15,17-18,25H,3-7,10,14H2,1-2H3;4-9,11-13,15,25H,3,10,14H2,1-2H3;4-5,7-9,11,19H,3,6,10H2,1-2H3;1H4. The summed E-state index contributed by atoms with van der Waals surface area (Å²) in [4.78, 5) is 0. The van der Waals surface area contributed by atoms with Crippen LogP contribution in [0.4, 0.5) is 57.1 Å². The highest BCUT2D eigenvalue weighted by molar-refractivity contribution is 5.74. The van der Waals surface area contributed by atoms with E-state index in [4.69, 9.17) is 18.9 Å². The lowest BCUT2D eigenvalue weighted by Gasteiger charge is -2.37. The predicted octanol–water partition coefficient (Wildman–Crippen LogP) is 28.0. The summed E-state index contributed by atoms with van der Waals surface area (Å²) in [6.07, 6.45) is 13.2. The minimum absolute atomic E-state index is 0. The third-order valence-electron chi connectivity index (χ3n) is 22.8. The molecule has 0 aromatic heterocycles. The highest BCUT2D eigenvalue weighted by atomic mass is 19.2. The van der Waals surface area contributed by atoms with Crippen molar-refractivity contribution in [3.8, 4) is 66.8 Å². The summed E-state index contributed by atoms with van der Waals surface area (Å²) >= 11 is 0. The molecule has 8 unspecified atom stereocenters. The molecular formula is C95H97F13O4. The number of halogens is 13. The first kappa shape index (κ1) is 84.0. The van der Waals surface area contributed by atoms with Crippen LogP contribution < -0.4 is 0 Å². The Bertz CT molecular complexity index is 4770. The Morgan fingerprint density at radius 2 is 0.527 bits per heavy atom. The normalized spacial score (nSPS) is 21.7.